The summed E-state index contributed by atoms with van der Waals surface area (Å²) in [5, 5.41) is 22.7. The summed E-state index contributed by atoms with van der Waals surface area (Å²) in [6, 6.07) is -5.25. The van der Waals surface area contributed by atoms with E-state index in [2.05, 4.69) is 10.6 Å². The summed E-state index contributed by atoms with van der Waals surface area (Å²) >= 11 is 0. The summed E-state index contributed by atoms with van der Waals surface area (Å²) in [6.07, 6.45) is -1.16. The van der Waals surface area contributed by atoms with Gasteiger partial charge in [0.05, 0.1) is 12.5 Å². The Balaban J connectivity index is 2.95. The zero-order valence-electron chi connectivity index (χ0n) is 18.4. The van der Waals surface area contributed by atoms with Crippen molar-refractivity contribution in [2.75, 3.05) is 6.54 Å². The van der Waals surface area contributed by atoms with Crippen molar-refractivity contribution in [2.24, 2.45) is 17.2 Å². The number of nitrogens with zero attached hydrogens (tertiary/aromatic N) is 1. The molecule has 0 aromatic carbocycles. The van der Waals surface area contributed by atoms with Crippen LogP contribution in [0.15, 0.2) is 0 Å². The Hall–Kier alpha value is -3.75. The van der Waals surface area contributed by atoms with E-state index in [4.69, 9.17) is 22.3 Å². The van der Waals surface area contributed by atoms with Gasteiger partial charge >= 0.3 is 11.9 Å². The summed E-state index contributed by atoms with van der Waals surface area (Å²) < 4.78 is 0. The van der Waals surface area contributed by atoms with Crippen LogP contribution < -0.4 is 27.8 Å². The molecular weight excluding hydrogens is 456 g/mol. The number of carbonyl (C=O) groups excluding carboxylic acids is 5. The molecule has 5 amide bonds. The molecule has 0 aromatic rings. The van der Waals surface area contributed by atoms with Crippen molar-refractivity contribution >= 4 is 41.5 Å². The Morgan fingerprint density at radius 1 is 0.912 bits per heavy atom. The molecule has 1 fully saturated rings. The second kappa shape index (κ2) is 13.1. The van der Waals surface area contributed by atoms with Crippen molar-refractivity contribution < 1.29 is 43.8 Å². The predicted molar refractivity (Wildman–Crippen MR) is 113 cm³/mol. The third kappa shape index (κ3) is 9.01. The second-order valence-corrected chi connectivity index (χ2v) is 7.86. The molecule has 0 bridgehead atoms. The maximum absolute atomic E-state index is 12.9. The van der Waals surface area contributed by atoms with Crippen molar-refractivity contribution in [1.29, 1.82) is 0 Å². The highest BCUT2D eigenvalue weighted by Gasteiger charge is 2.38. The molecule has 0 saturated carbocycles. The van der Waals surface area contributed by atoms with Gasteiger partial charge in [0.1, 0.15) is 18.1 Å². The van der Waals surface area contributed by atoms with E-state index < -0.39 is 72.1 Å². The fourth-order valence-corrected chi connectivity index (χ4v) is 3.43. The number of primary amides is 2. The molecule has 4 unspecified atom stereocenters. The summed E-state index contributed by atoms with van der Waals surface area (Å²) in [6.45, 7) is 0.149. The Labute approximate surface area is 194 Å². The van der Waals surface area contributed by atoms with Crippen LogP contribution in [0.5, 0.6) is 0 Å². The Morgan fingerprint density at radius 3 is 1.97 bits per heavy atom. The number of rotatable bonds is 14. The molecule has 0 radical (unpaired) electrons. The van der Waals surface area contributed by atoms with E-state index >= 15 is 0 Å². The number of hydrogen-bond acceptors (Lipinski definition) is 8. The molecule has 1 heterocycles. The molecule has 1 saturated heterocycles. The van der Waals surface area contributed by atoms with Crippen LogP contribution in [-0.4, -0.2) is 87.3 Å². The average Bonchev–Trinajstić information content (AvgIpc) is 3.22. The van der Waals surface area contributed by atoms with Crippen LogP contribution in [0, 0.1) is 0 Å². The molecule has 34 heavy (non-hydrogen) atoms. The number of carboxylic acid groups (broad SMARTS) is 2. The number of likely N-dealkylation sites (tertiary alicyclic amines) is 1. The molecule has 15 heteroatoms. The topological polar surface area (TPSA) is 265 Å². The zero-order chi connectivity index (χ0) is 26.0. The maximum atomic E-state index is 12.9. The quantitative estimate of drug-likeness (QED) is 0.126. The highest BCUT2D eigenvalue weighted by Crippen LogP contribution is 2.19. The second-order valence-electron chi connectivity index (χ2n) is 7.86. The van der Waals surface area contributed by atoms with Gasteiger partial charge in [-0.15, -0.1) is 0 Å². The Bertz CT molecular complexity index is 833. The van der Waals surface area contributed by atoms with Gasteiger partial charge in [-0.1, -0.05) is 0 Å². The highest BCUT2D eigenvalue weighted by molar-refractivity contribution is 5.95. The van der Waals surface area contributed by atoms with Gasteiger partial charge in [0.25, 0.3) is 0 Å². The van der Waals surface area contributed by atoms with Crippen molar-refractivity contribution in [3.63, 3.8) is 0 Å². The van der Waals surface area contributed by atoms with E-state index in [1.165, 1.54) is 0 Å². The number of carbonyl (C=O) groups is 7. The van der Waals surface area contributed by atoms with Gasteiger partial charge in [-0.2, -0.15) is 0 Å². The van der Waals surface area contributed by atoms with Gasteiger partial charge < -0.3 is 42.9 Å². The van der Waals surface area contributed by atoms with E-state index in [9.17, 15) is 38.7 Å². The summed E-state index contributed by atoms with van der Waals surface area (Å²) in [5.41, 5.74) is 15.7. The molecule has 15 nitrogen and oxygen atoms in total. The third-order valence-corrected chi connectivity index (χ3v) is 5.16. The van der Waals surface area contributed by atoms with Crippen LogP contribution in [0.1, 0.15) is 44.9 Å². The first-order chi connectivity index (χ1) is 15.8. The number of amides is 5. The van der Waals surface area contributed by atoms with Crippen LogP contribution in [0.2, 0.25) is 0 Å². The normalized spacial score (nSPS) is 17.8. The monoisotopic (exact) mass is 486 g/mol. The first kappa shape index (κ1) is 28.3. The maximum Gasteiger partial charge on any atom is 0.326 e. The van der Waals surface area contributed by atoms with Crippen LogP contribution >= 0.6 is 0 Å². The van der Waals surface area contributed by atoms with Crippen molar-refractivity contribution in [3.8, 4) is 0 Å². The van der Waals surface area contributed by atoms with Gasteiger partial charge in [-0.3, -0.25) is 28.8 Å². The highest BCUT2D eigenvalue weighted by atomic mass is 16.4. The Morgan fingerprint density at radius 2 is 1.47 bits per heavy atom. The number of carboxylic acids is 2. The fraction of sp³-hybridized carbons (Fsp3) is 0.632. The smallest absolute Gasteiger partial charge is 0.326 e. The molecule has 0 spiro atoms. The molecule has 1 aliphatic rings. The summed E-state index contributed by atoms with van der Waals surface area (Å²) in [4.78, 5) is 83.5. The minimum Gasteiger partial charge on any atom is -0.481 e. The van der Waals surface area contributed by atoms with Crippen LogP contribution in [0.4, 0.5) is 0 Å². The lowest BCUT2D eigenvalue weighted by Gasteiger charge is -2.28. The molecule has 190 valence electrons. The minimum absolute atomic E-state index is 0.149. The summed E-state index contributed by atoms with van der Waals surface area (Å²) in [7, 11) is 0. The van der Waals surface area contributed by atoms with Gasteiger partial charge in [0.2, 0.25) is 29.5 Å². The number of nitrogens with two attached hydrogens (primary N) is 3. The first-order valence-electron chi connectivity index (χ1n) is 10.5. The van der Waals surface area contributed by atoms with Gasteiger partial charge in [-0.25, -0.2) is 4.79 Å². The molecule has 0 aliphatic carbocycles. The van der Waals surface area contributed by atoms with Crippen molar-refractivity contribution in [1.82, 2.24) is 15.5 Å². The van der Waals surface area contributed by atoms with E-state index in [1.807, 2.05) is 0 Å². The summed E-state index contributed by atoms with van der Waals surface area (Å²) in [5.74, 6) is -6.70. The number of aliphatic carboxylic acids is 2. The van der Waals surface area contributed by atoms with Gasteiger partial charge in [-0.05, 0) is 25.7 Å². The lowest BCUT2D eigenvalue weighted by atomic mass is 10.1. The van der Waals surface area contributed by atoms with Gasteiger partial charge in [0, 0.05) is 19.4 Å². The van der Waals surface area contributed by atoms with Crippen LogP contribution in [0.3, 0.4) is 0 Å². The van der Waals surface area contributed by atoms with Crippen LogP contribution in [-0.2, 0) is 33.6 Å². The van der Waals surface area contributed by atoms with Gasteiger partial charge in [0.15, 0.2) is 0 Å². The molecule has 4 atom stereocenters. The minimum atomic E-state index is -1.48. The van der Waals surface area contributed by atoms with Crippen LogP contribution in [0.25, 0.3) is 0 Å². The molecule has 1 aliphatic heterocycles. The molecule has 10 N–H and O–H groups in total. The van der Waals surface area contributed by atoms with E-state index in [-0.39, 0.29) is 38.6 Å². The number of nitrogens with one attached hydrogen (secondary N) is 2. The SMILES string of the molecule is NC(=O)CCC(NC(=O)C(CCC(N)=O)NC(=O)C1CCCN1C(=O)C(N)CC(=O)O)C(=O)O. The first-order valence-corrected chi connectivity index (χ1v) is 10.5. The molecule has 1 rings (SSSR count). The van der Waals surface area contributed by atoms with E-state index in [0.717, 1.165) is 4.90 Å². The van der Waals surface area contributed by atoms with Crippen molar-refractivity contribution in [3.05, 3.63) is 0 Å². The van der Waals surface area contributed by atoms with Crippen molar-refractivity contribution in [2.45, 2.75) is 69.1 Å². The lowest BCUT2D eigenvalue weighted by molar-refractivity contribution is -0.144. The zero-order valence-corrected chi connectivity index (χ0v) is 18.4. The fourth-order valence-electron chi connectivity index (χ4n) is 3.43. The van der Waals surface area contributed by atoms with E-state index in [1.54, 1.807) is 0 Å². The lowest BCUT2D eigenvalue weighted by Crippen LogP contribution is -2.56. The molecule has 0 aromatic heterocycles. The predicted octanol–water partition coefficient (Wildman–Crippen LogP) is -3.64. The van der Waals surface area contributed by atoms with E-state index in [0.29, 0.717) is 6.42 Å². The largest absolute Gasteiger partial charge is 0.481 e. The number of hydrogen-bond donors (Lipinski definition) is 7. The standard InChI is InChI=1S/C19H30N6O9/c20-9(8-15(28)29)18(32)25-7-1-2-12(25)17(31)23-10(3-5-13(21)26)16(30)24-11(19(33)34)4-6-14(22)27/h9-12H,1-8,20H2,(H2,21,26)(H2,22,27)(H,23,31)(H,24,30)(H,28,29)(H,33,34). The molecular formula is C19H30N6O9. The Kier molecular flexibility index (Phi) is 10.9. The average molecular weight is 486 g/mol. The third-order valence-electron chi connectivity index (χ3n) is 5.16.